The molecule has 0 amide bonds. The molecule has 4 heteroatoms. The smallest absolute Gasteiger partial charge is 0.126 e. The third-order valence-corrected chi connectivity index (χ3v) is 5.28. The van der Waals surface area contributed by atoms with Crippen LogP contribution in [0.1, 0.15) is 5.56 Å². The molecule has 0 unspecified atom stereocenters. The molecule has 2 rings (SSSR count). The lowest BCUT2D eigenvalue weighted by Gasteiger charge is -2.08. The molecule has 0 radical (unpaired) electrons. The molecule has 2 aromatic rings. The van der Waals surface area contributed by atoms with E-state index in [0.717, 1.165) is 6.42 Å². The van der Waals surface area contributed by atoms with E-state index in [-0.39, 0.29) is 0 Å². The standard InChI is InChI=1S/C14H13Cl3Si/c15-18(16,17)11-10-12-6-8-14(9-7-12)13-4-2-1-3-5-13/h1-9H,10-11H2. The van der Waals surface area contributed by atoms with Crippen LogP contribution in [0.2, 0.25) is 6.04 Å². The summed E-state index contributed by atoms with van der Waals surface area (Å²) >= 11 is 17.6. The maximum atomic E-state index is 5.88. The Morgan fingerprint density at radius 1 is 0.722 bits per heavy atom. The van der Waals surface area contributed by atoms with Crippen LogP contribution in [0.3, 0.4) is 0 Å². The van der Waals surface area contributed by atoms with E-state index in [9.17, 15) is 0 Å². The van der Waals surface area contributed by atoms with E-state index < -0.39 is 6.00 Å². The second kappa shape index (κ2) is 6.11. The highest BCUT2D eigenvalue weighted by Crippen LogP contribution is 2.27. The molecule has 0 nitrogen and oxygen atoms in total. The fourth-order valence-corrected chi connectivity index (χ4v) is 3.20. The predicted octanol–water partition coefficient (Wildman–Crippen LogP) is 5.55. The van der Waals surface area contributed by atoms with Gasteiger partial charge in [-0.05, 0) is 29.2 Å². The summed E-state index contributed by atoms with van der Waals surface area (Å²) in [7, 11) is 0. The van der Waals surface area contributed by atoms with Gasteiger partial charge in [0.2, 0.25) is 0 Å². The van der Waals surface area contributed by atoms with Crippen LogP contribution in [0.5, 0.6) is 0 Å². The Bertz CT molecular complexity index is 489. The van der Waals surface area contributed by atoms with Crippen LogP contribution in [0, 0.1) is 0 Å². The Balaban J connectivity index is 2.07. The Morgan fingerprint density at radius 2 is 1.28 bits per heavy atom. The summed E-state index contributed by atoms with van der Waals surface area (Å²) in [5, 5.41) is 0. The van der Waals surface area contributed by atoms with Crippen molar-refractivity contribution in [2.75, 3.05) is 0 Å². The average molecular weight is 316 g/mol. The number of hydrogen-bond acceptors (Lipinski definition) is 0. The predicted molar refractivity (Wildman–Crippen MR) is 83.7 cm³/mol. The molecule has 0 heterocycles. The maximum Gasteiger partial charge on any atom is 0.341 e. The largest absolute Gasteiger partial charge is 0.341 e. The van der Waals surface area contributed by atoms with Crippen LogP contribution in [0.4, 0.5) is 0 Å². The number of aryl methyl sites for hydroxylation is 1. The van der Waals surface area contributed by atoms with Gasteiger partial charge in [0.05, 0.1) is 0 Å². The second-order valence-electron chi connectivity index (χ2n) is 4.18. The third-order valence-electron chi connectivity index (χ3n) is 2.76. The zero-order valence-electron chi connectivity index (χ0n) is 9.74. The van der Waals surface area contributed by atoms with Gasteiger partial charge in [-0.3, -0.25) is 0 Å². The number of rotatable bonds is 4. The van der Waals surface area contributed by atoms with Crippen molar-refractivity contribution in [1.82, 2.24) is 0 Å². The first kappa shape index (κ1) is 13.9. The molecule has 0 saturated heterocycles. The van der Waals surface area contributed by atoms with Gasteiger partial charge in [-0.1, -0.05) is 54.6 Å². The van der Waals surface area contributed by atoms with Crippen LogP contribution >= 0.6 is 33.2 Å². The van der Waals surface area contributed by atoms with Gasteiger partial charge in [-0.2, -0.15) is 0 Å². The molecule has 0 bridgehead atoms. The van der Waals surface area contributed by atoms with E-state index in [1.165, 1.54) is 16.7 Å². The van der Waals surface area contributed by atoms with Crippen LogP contribution < -0.4 is 0 Å². The SMILES string of the molecule is Cl[Si](Cl)(Cl)CCc1ccc(-c2ccccc2)cc1. The fourth-order valence-electron chi connectivity index (χ4n) is 1.78. The summed E-state index contributed by atoms with van der Waals surface area (Å²) in [5.74, 6) is 0. The molecule has 0 fully saturated rings. The number of hydrogen-bond donors (Lipinski definition) is 0. The van der Waals surface area contributed by atoms with Gasteiger partial charge in [-0.15, -0.1) is 33.2 Å². The monoisotopic (exact) mass is 314 g/mol. The maximum absolute atomic E-state index is 5.88. The van der Waals surface area contributed by atoms with Crippen molar-refractivity contribution in [2.24, 2.45) is 0 Å². The van der Waals surface area contributed by atoms with Crippen molar-refractivity contribution in [3.05, 3.63) is 60.2 Å². The summed E-state index contributed by atoms with van der Waals surface area (Å²) in [6.07, 6.45) is 0.831. The zero-order valence-corrected chi connectivity index (χ0v) is 13.0. The third kappa shape index (κ3) is 4.32. The van der Waals surface area contributed by atoms with Crippen molar-refractivity contribution in [3.8, 4) is 11.1 Å². The quantitative estimate of drug-likeness (QED) is 0.512. The second-order valence-corrected chi connectivity index (χ2v) is 13.5. The summed E-state index contributed by atoms with van der Waals surface area (Å²) < 4.78 is 0. The molecular formula is C14H13Cl3Si. The molecule has 2 aromatic carbocycles. The first-order valence-electron chi connectivity index (χ1n) is 5.76. The van der Waals surface area contributed by atoms with Gasteiger partial charge < -0.3 is 0 Å². The van der Waals surface area contributed by atoms with Crippen molar-refractivity contribution in [3.63, 3.8) is 0 Å². The summed E-state index contributed by atoms with van der Waals surface area (Å²) in [5.41, 5.74) is 3.65. The van der Waals surface area contributed by atoms with Crippen molar-refractivity contribution in [1.29, 1.82) is 0 Å². The van der Waals surface area contributed by atoms with Gasteiger partial charge in [0.1, 0.15) is 0 Å². The van der Waals surface area contributed by atoms with E-state index in [4.69, 9.17) is 33.2 Å². The average Bonchev–Trinajstić information content (AvgIpc) is 2.37. The lowest BCUT2D eigenvalue weighted by Crippen LogP contribution is -2.09. The Morgan fingerprint density at radius 3 is 1.83 bits per heavy atom. The molecule has 0 spiro atoms. The van der Waals surface area contributed by atoms with Gasteiger partial charge in [0.15, 0.2) is 0 Å². The van der Waals surface area contributed by atoms with E-state index in [1.54, 1.807) is 0 Å². The highest BCUT2D eigenvalue weighted by atomic mass is 35.8. The van der Waals surface area contributed by atoms with Crippen LogP contribution in [-0.2, 0) is 6.42 Å². The van der Waals surface area contributed by atoms with E-state index in [1.807, 2.05) is 18.2 Å². The first-order valence-corrected chi connectivity index (χ1v) is 11.0. The minimum absolute atomic E-state index is 0.669. The number of benzene rings is 2. The van der Waals surface area contributed by atoms with Crippen LogP contribution in [-0.4, -0.2) is 6.00 Å². The van der Waals surface area contributed by atoms with E-state index in [2.05, 4.69) is 36.4 Å². The number of halogens is 3. The summed E-state index contributed by atoms with van der Waals surface area (Å²) in [4.78, 5) is 0. The fraction of sp³-hybridized carbons (Fsp3) is 0.143. The molecule has 0 aromatic heterocycles. The van der Waals surface area contributed by atoms with Crippen molar-refractivity contribution < 1.29 is 0 Å². The van der Waals surface area contributed by atoms with Crippen molar-refractivity contribution in [2.45, 2.75) is 12.5 Å². The molecule has 0 atom stereocenters. The molecular weight excluding hydrogens is 303 g/mol. The summed E-state index contributed by atoms with van der Waals surface area (Å²) in [6.45, 7) is 0. The molecule has 0 aliphatic carbocycles. The van der Waals surface area contributed by atoms with Gasteiger partial charge >= 0.3 is 6.00 Å². The minimum atomic E-state index is -2.50. The molecule has 0 aliphatic rings. The highest BCUT2D eigenvalue weighted by Gasteiger charge is 2.23. The molecule has 0 saturated carbocycles. The first-order chi connectivity index (χ1) is 8.54. The Hall–Kier alpha value is -0.473. The van der Waals surface area contributed by atoms with Gasteiger partial charge in [0.25, 0.3) is 0 Å². The van der Waals surface area contributed by atoms with Gasteiger partial charge in [-0.25, -0.2) is 0 Å². The van der Waals surface area contributed by atoms with Crippen molar-refractivity contribution >= 4 is 39.2 Å². The van der Waals surface area contributed by atoms with Crippen LogP contribution in [0.25, 0.3) is 11.1 Å². The molecule has 0 N–H and O–H groups in total. The topological polar surface area (TPSA) is 0 Å². The minimum Gasteiger partial charge on any atom is -0.126 e. The van der Waals surface area contributed by atoms with E-state index >= 15 is 0 Å². The molecule has 18 heavy (non-hydrogen) atoms. The summed E-state index contributed by atoms with van der Waals surface area (Å²) in [6, 6.07) is 16.9. The highest BCUT2D eigenvalue weighted by molar-refractivity contribution is 7.64. The zero-order chi connectivity index (χ0) is 13.0. The molecule has 0 aliphatic heterocycles. The van der Waals surface area contributed by atoms with E-state index in [0.29, 0.717) is 6.04 Å². The Kier molecular flexibility index (Phi) is 4.74. The normalized spacial score (nSPS) is 11.5. The van der Waals surface area contributed by atoms with Gasteiger partial charge in [0, 0.05) is 0 Å². The van der Waals surface area contributed by atoms with Crippen LogP contribution in [0.15, 0.2) is 54.6 Å². The Labute approximate surface area is 123 Å². The lowest BCUT2D eigenvalue weighted by atomic mass is 10.0. The lowest BCUT2D eigenvalue weighted by molar-refractivity contribution is 1.13. The molecule has 94 valence electrons.